The average molecular weight is 730 g/mol. The van der Waals surface area contributed by atoms with Crippen LogP contribution < -0.4 is 5.73 Å². The smallest absolute Gasteiger partial charge is 0.135 e. The minimum atomic E-state index is -0.850. The van der Waals surface area contributed by atoms with Crippen LogP contribution in [0.4, 0.5) is 0 Å². The summed E-state index contributed by atoms with van der Waals surface area (Å²) in [6.45, 7) is 9.72. The molecule has 5 aliphatic rings. The first kappa shape index (κ1) is 45.0. The molecule has 0 aliphatic carbocycles. The highest BCUT2D eigenvalue weighted by Gasteiger charge is 2.58. The Balaban J connectivity index is 1.94. The minimum Gasteiger partial charge on any atom is -0.382 e. The lowest BCUT2D eigenvalue weighted by atomic mass is 9.69. The first-order valence-electron chi connectivity index (χ1n) is 20.7. The monoisotopic (exact) mass is 730 g/mol. The molecule has 51 heavy (non-hydrogen) atoms. The van der Waals surface area contributed by atoms with Crippen molar-refractivity contribution in [1.82, 2.24) is 0 Å². The Morgan fingerprint density at radius 1 is 0.569 bits per heavy atom. The normalized spacial score (nSPS) is 38.9. The van der Waals surface area contributed by atoms with Gasteiger partial charge in [0.2, 0.25) is 0 Å². The highest BCUT2D eigenvalue weighted by molar-refractivity contribution is 5.06. The number of fused-ring (bicyclic) bond motifs is 2. The summed E-state index contributed by atoms with van der Waals surface area (Å²) in [6.07, 6.45) is 17.0. The van der Waals surface area contributed by atoms with Gasteiger partial charge in [0, 0.05) is 42.2 Å². The molecule has 0 aromatic rings. The zero-order valence-electron chi connectivity index (χ0n) is 34.2. The van der Waals surface area contributed by atoms with E-state index in [9.17, 15) is 0 Å². The van der Waals surface area contributed by atoms with Crippen molar-refractivity contribution in [2.45, 2.75) is 210 Å². The van der Waals surface area contributed by atoms with Gasteiger partial charge in [-0.2, -0.15) is 0 Å². The molecule has 10 heteroatoms. The fraction of sp³-hybridized carbons (Fsp3) is 1.00. The van der Waals surface area contributed by atoms with Crippen molar-refractivity contribution in [3.8, 4) is 0 Å². The highest BCUT2D eigenvalue weighted by atomic mass is 16.7. The topological polar surface area (TPSA) is 109 Å². The molecule has 0 aromatic carbocycles. The molecule has 5 saturated heterocycles. The van der Waals surface area contributed by atoms with E-state index in [-0.39, 0.29) is 23.7 Å². The molecule has 11 unspecified atom stereocenters. The van der Waals surface area contributed by atoms with Gasteiger partial charge in [-0.15, -0.1) is 0 Å². The van der Waals surface area contributed by atoms with E-state index in [0.717, 1.165) is 32.1 Å². The van der Waals surface area contributed by atoms with Crippen LogP contribution in [0.25, 0.3) is 0 Å². The number of methoxy groups -OCH3 is 5. The van der Waals surface area contributed by atoms with Crippen LogP contribution in [0, 0.1) is 5.41 Å². The second kappa shape index (κ2) is 23.5. The van der Waals surface area contributed by atoms with Crippen LogP contribution in [-0.2, 0) is 42.6 Å². The zero-order chi connectivity index (χ0) is 37.3. The van der Waals surface area contributed by atoms with Gasteiger partial charge in [-0.05, 0) is 44.4 Å². The van der Waals surface area contributed by atoms with Crippen LogP contribution in [0.2, 0.25) is 0 Å². The number of ether oxygens (including phenoxy) is 9. The zero-order valence-corrected chi connectivity index (χ0v) is 34.2. The second-order valence-electron chi connectivity index (χ2n) is 15.7. The molecule has 5 heterocycles. The predicted molar refractivity (Wildman–Crippen MR) is 202 cm³/mol. The molecule has 11 atom stereocenters. The second-order valence-corrected chi connectivity index (χ2v) is 15.7. The van der Waals surface area contributed by atoms with E-state index in [1.165, 1.54) is 77.0 Å². The van der Waals surface area contributed by atoms with Crippen LogP contribution >= 0.6 is 0 Å². The van der Waals surface area contributed by atoms with Crippen molar-refractivity contribution in [3.05, 3.63) is 0 Å². The van der Waals surface area contributed by atoms with Gasteiger partial charge in [-0.1, -0.05) is 104 Å². The molecule has 5 rings (SSSR count). The molecular formula is C41H79NO9. The molecule has 0 radical (unpaired) electrons. The Labute approximate surface area is 312 Å². The summed E-state index contributed by atoms with van der Waals surface area (Å²) >= 11 is 0. The van der Waals surface area contributed by atoms with E-state index in [1.54, 1.807) is 35.5 Å². The largest absolute Gasteiger partial charge is 0.382 e. The van der Waals surface area contributed by atoms with E-state index in [2.05, 4.69) is 27.7 Å². The van der Waals surface area contributed by atoms with Crippen molar-refractivity contribution < 1.29 is 42.6 Å². The summed E-state index contributed by atoms with van der Waals surface area (Å²) in [7, 11) is 8.61. The third kappa shape index (κ3) is 11.8. The van der Waals surface area contributed by atoms with Crippen molar-refractivity contribution in [1.29, 1.82) is 0 Å². The molecule has 0 amide bonds. The van der Waals surface area contributed by atoms with Gasteiger partial charge in [0.15, 0.2) is 0 Å². The molecule has 0 aromatic heterocycles. The molecule has 10 nitrogen and oxygen atoms in total. The lowest BCUT2D eigenvalue weighted by molar-refractivity contribution is -0.329. The van der Waals surface area contributed by atoms with Crippen LogP contribution in [0.15, 0.2) is 0 Å². The van der Waals surface area contributed by atoms with Crippen LogP contribution in [-0.4, -0.2) is 116 Å². The van der Waals surface area contributed by atoms with E-state index in [1.807, 2.05) is 0 Å². The molecule has 0 saturated carbocycles. The SMILES string of the molecule is CCC1(CC)CCCCCCCCCCCCCCCCOC2C(N)OC(C(OC)C2OC)C(C)(CC)OC2C(COC)OC1C(OC)C2OC. The molecule has 4 bridgehead atoms. The number of nitrogens with two attached hydrogens (primary N) is 1. The van der Waals surface area contributed by atoms with E-state index in [4.69, 9.17) is 48.4 Å². The van der Waals surface area contributed by atoms with E-state index < -0.39 is 48.5 Å². The maximum absolute atomic E-state index is 7.22. The van der Waals surface area contributed by atoms with Crippen molar-refractivity contribution >= 4 is 0 Å². The summed E-state index contributed by atoms with van der Waals surface area (Å²) in [5.74, 6) is 0. The number of rotatable bonds is 9. The molecule has 0 spiro atoms. The quantitative estimate of drug-likeness (QED) is 0.253. The number of hydrogen-bond donors (Lipinski definition) is 1. The first-order valence-corrected chi connectivity index (χ1v) is 20.7. The van der Waals surface area contributed by atoms with E-state index >= 15 is 0 Å². The lowest BCUT2D eigenvalue weighted by Gasteiger charge is -2.55. The standard InChI is InChI=1S/C41H79NO9/c1-10-40(4)37-34(46-8)33(45-7)36(39(42)50-37)48-28-26-24-22-20-18-16-14-13-15-17-19-21-23-25-27-41(11-2,12-3)38-35(47-9)32(44-6)31(51-40)30(49-38)29-43-5/h30-39H,10-29,42H2,1-9H3. The summed E-state index contributed by atoms with van der Waals surface area (Å²) in [4.78, 5) is 0. The molecular weight excluding hydrogens is 650 g/mol. The van der Waals surface area contributed by atoms with Crippen LogP contribution in [0.1, 0.15) is 143 Å². The lowest BCUT2D eigenvalue weighted by Crippen LogP contribution is -2.70. The summed E-state index contributed by atoms with van der Waals surface area (Å²) in [5, 5.41) is 0. The summed E-state index contributed by atoms with van der Waals surface area (Å²) in [5.41, 5.74) is 5.84. The third-order valence-corrected chi connectivity index (χ3v) is 12.7. The third-order valence-electron chi connectivity index (χ3n) is 12.7. The highest BCUT2D eigenvalue weighted by Crippen LogP contribution is 2.46. The Hall–Kier alpha value is -0.400. The Bertz CT molecular complexity index is 908. The predicted octanol–water partition coefficient (Wildman–Crippen LogP) is 7.75. The summed E-state index contributed by atoms with van der Waals surface area (Å²) in [6, 6.07) is 0. The fourth-order valence-electron chi connectivity index (χ4n) is 9.18. The Morgan fingerprint density at radius 2 is 1.04 bits per heavy atom. The Morgan fingerprint density at radius 3 is 1.51 bits per heavy atom. The van der Waals surface area contributed by atoms with Gasteiger partial charge in [-0.3, -0.25) is 0 Å². The fourth-order valence-corrected chi connectivity index (χ4v) is 9.18. The first-order chi connectivity index (χ1) is 24.7. The van der Waals surface area contributed by atoms with Gasteiger partial charge in [-0.25, -0.2) is 0 Å². The van der Waals surface area contributed by atoms with Gasteiger partial charge >= 0.3 is 0 Å². The van der Waals surface area contributed by atoms with Crippen molar-refractivity contribution in [2.75, 3.05) is 48.8 Å². The summed E-state index contributed by atoms with van der Waals surface area (Å²) < 4.78 is 58.1. The molecule has 302 valence electrons. The van der Waals surface area contributed by atoms with Gasteiger partial charge < -0.3 is 48.4 Å². The average Bonchev–Trinajstić information content (AvgIpc) is 3.14. The molecule has 2 N–H and O–H groups in total. The molecule has 5 fully saturated rings. The molecule has 5 aliphatic heterocycles. The van der Waals surface area contributed by atoms with Gasteiger partial charge in [0.05, 0.1) is 18.3 Å². The maximum atomic E-state index is 7.22. The van der Waals surface area contributed by atoms with Gasteiger partial charge in [0.1, 0.15) is 55.1 Å². The van der Waals surface area contributed by atoms with Crippen molar-refractivity contribution in [2.24, 2.45) is 11.1 Å². The number of hydrogen-bond acceptors (Lipinski definition) is 10. The van der Waals surface area contributed by atoms with Crippen molar-refractivity contribution in [3.63, 3.8) is 0 Å². The van der Waals surface area contributed by atoms with Crippen LogP contribution in [0.3, 0.4) is 0 Å². The van der Waals surface area contributed by atoms with E-state index in [0.29, 0.717) is 19.6 Å². The Kier molecular flexibility index (Phi) is 20.7. The maximum Gasteiger partial charge on any atom is 0.135 e. The minimum absolute atomic E-state index is 0.0633. The van der Waals surface area contributed by atoms with Crippen LogP contribution in [0.5, 0.6) is 0 Å². The van der Waals surface area contributed by atoms with Gasteiger partial charge in [0.25, 0.3) is 0 Å².